The fraction of sp³-hybridized carbons (Fsp3) is 0.238. The second-order valence-corrected chi connectivity index (χ2v) is 8.77. The molecule has 1 unspecified atom stereocenters. The number of anilines is 1. The van der Waals surface area contributed by atoms with Crippen LogP contribution in [0.25, 0.3) is 11.3 Å². The van der Waals surface area contributed by atoms with Crippen LogP contribution in [0.2, 0.25) is 0 Å². The first-order valence-corrected chi connectivity index (χ1v) is 11.1. The maximum Gasteiger partial charge on any atom is 0.220 e. The largest absolute Gasteiger partial charge is 0.368 e. The van der Waals surface area contributed by atoms with Gasteiger partial charge in [0.2, 0.25) is 16.0 Å². The Kier molecular flexibility index (Phi) is 5.92. The summed E-state index contributed by atoms with van der Waals surface area (Å²) in [4.78, 5) is 8.56. The molecule has 2 aromatic rings. The van der Waals surface area contributed by atoms with Crippen molar-refractivity contribution in [1.29, 1.82) is 0 Å². The number of dihydropyridines is 1. The van der Waals surface area contributed by atoms with Crippen LogP contribution in [-0.4, -0.2) is 30.3 Å². The highest BCUT2D eigenvalue weighted by Gasteiger charge is 2.25. The van der Waals surface area contributed by atoms with Crippen molar-refractivity contribution < 1.29 is 12.8 Å². The second-order valence-electron chi connectivity index (χ2n) is 7.02. The lowest BCUT2D eigenvalue weighted by Gasteiger charge is -2.29. The summed E-state index contributed by atoms with van der Waals surface area (Å²) in [5.41, 5.74) is 7.78. The first kappa shape index (κ1) is 21.5. The Bertz CT molecular complexity index is 1210. The molecule has 1 aliphatic heterocycles. The molecule has 9 heteroatoms. The summed E-state index contributed by atoms with van der Waals surface area (Å²) in [6.07, 6.45) is 6.67. The molecular weight excluding hydrogens is 405 g/mol. The van der Waals surface area contributed by atoms with E-state index in [0.29, 0.717) is 34.5 Å². The van der Waals surface area contributed by atoms with Crippen LogP contribution in [0.4, 0.5) is 10.3 Å². The molecule has 3 rings (SSSR count). The zero-order valence-electron chi connectivity index (χ0n) is 16.8. The second kappa shape index (κ2) is 8.26. The van der Waals surface area contributed by atoms with Crippen molar-refractivity contribution in [1.82, 2.24) is 20.0 Å². The predicted molar refractivity (Wildman–Crippen MR) is 115 cm³/mol. The van der Waals surface area contributed by atoms with Crippen LogP contribution in [0.15, 0.2) is 48.2 Å². The summed E-state index contributed by atoms with van der Waals surface area (Å²) in [5.74, 6) is 5.81. The van der Waals surface area contributed by atoms with E-state index in [1.165, 1.54) is 12.1 Å². The molecule has 1 aromatic carbocycles. The number of sulfonamides is 1. The fourth-order valence-electron chi connectivity index (χ4n) is 3.00. The van der Waals surface area contributed by atoms with Gasteiger partial charge in [-0.2, -0.15) is 4.72 Å². The number of hydrogen-bond donors (Lipinski definition) is 3. The van der Waals surface area contributed by atoms with E-state index in [0.717, 1.165) is 6.26 Å². The molecule has 0 saturated carbocycles. The van der Waals surface area contributed by atoms with Crippen molar-refractivity contribution in [2.24, 2.45) is 0 Å². The van der Waals surface area contributed by atoms with Gasteiger partial charge in [0.1, 0.15) is 11.5 Å². The van der Waals surface area contributed by atoms with Gasteiger partial charge < -0.3 is 11.1 Å². The summed E-state index contributed by atoms with van der Waals surface area (Å²) in [5, 5.41) is 2.99. The highest BCUT2D eigenvalue weighted by atomic mass is 32.2. The Morgan fingerprint density at radius 2 is 2.07 bits per heavy atom. The van der Waals surface area contributed by atoms with E-state index in [1.807, 2.05) is 6.92 Å². The normalized spacial score (nSPS) is 18.2. The van der Waals surface area contributed by atoms with E-state index in [2.05, 4.69) is 31.8 Å². The lowest BCUT2D eigenvalue weighted by Crippen LogP contribution is -2.53. The number of allylic oxidation sites excluding steroid dienone is 2. The van der Waals surface area contributed by atoms with E-state index in [9.17, 15) is 12.8 Å². The number of nitrogens with zero attached hydrogens (tertiary/aromatic N) is 2. The van der Waals surface area contributed by atoms with Gasteiger partial charge in [-0.1, -0.05) is 30.9 Å². The molecule has 30 heavy (non-hydrogen) atoms. The maximum atomic E-state index is 13.7. The van der Waals surface area contributed by atoms with Crippen LogP contribution in [-0.2, 0) is 16.4 Å². The lowest BCUT2D eigenvalue weighted by atomic mass is 10.0. The molecule has 2 heterocycles. The Hall–Kier alpha value is -3.22. The van der Waals surface area contributed by atoms with Crippen molar-refractivity contribution in [3.05, 3.63) is 65.3 Å². The average Bonchev–Trinajstić information content (AvgIpc) is 2.66. The molecule has 7 nitrogen and oxygen atoms in total. The number of aromatic nitrogens is 2. The third-order valence-electron chi connectivity index (χ3n) is 4.29. The minimum atomic E-state index is -3.40. The molecule has 0 saturated heterocycles. The van der Waals surface area contributed by atoms with Crippen LogP contribution >= 0.6 is 0 Å². The van der Waals surface area contributed by atoms with Gasteiger partial charge >= 0.3 is 0 Å². The van der Waals surface area contributed by atoms with Gasteiger partial charge in [0, 0.05) is 17.3 Å². The third kappa shape index (κ3) is 5.23. The van der Waals surface area contributed by atoms with Gasteiger partial charge in [0.05, 0.1) is 23.2 Å². The average molecular weight is 428 g/mol. The van der Waals surface area contributed by atoms with Gasteiger partial charge in [-0.25, -0.2) is 22.8 Å². The van der Waals surface area contributed by atoms with Crippen LogP contribution < -0.4 is 15.8 Å². The van der Waals surface area contributed by atoms with Crippen LogP contribution in [0.5, 0.6) is 0 Å². The molecule has 1 aliphatic rings. The third-order valence-corrected chi connectivity index (χ3v) is 5.08. The van der Waals surface area contributed by atoms with Crippen LogP contribution in [0.1, 0.15) is 25.1 Å². The zero-order chi connectivity index (χ0) is 21.9. The molecule has 0 amide bonds. The van der Waals surface area contributed by atoms with E-state index < -0.39 is 15.7 Å². The number of nitrogens with two attached hydrogens (primary N) is 1. The molecule has 4 N–H and O–H groups in total. The van der Waals surface area contributed by atoms with Crippen molar-refractivity contribution in [3.8, 4) is 23.1 Å². The van der Waals surface area contributed by atoms with Crippen LogP contribution in [0, 0.1) is 17.7 Å². The Labute approximate surface area is 175 Å². The summed E-state index contributed by atoms with van der Waals surface area (Å²) in [6.45, 7) is 3.61. The minimum absolute atomic E-state index is 0.0951. The van der Waals surface area contributed by atoms with Gasteiger partial charge in [-0.15, -0.1) is 0 Å². The molecule has 156 valence electrons. The number of nitrogens with one attached hydrogen (secondary N) is 2. The molecule has 0 bridgehead atoms. The molecule has 0 aliphatic carbocycles. The van der Waals surface area contributed by atoms with E-state index in [4.69, 9.17) is 5.73 Å². The van der Waals surface area contributed by atoms with Crippen molar-refractivity contribution in [2.75, 3.05) is 12.0 Å². The maximum absolute atomic E-state index is 13.7. The van der Waals surface area contributed by atoms with E-state index in [1.54, 1.807) is 37.4 Å². The number of rotatable bonds is 4. The number of halogens is 1. The Balaban J connectivity index is 1.98. The molecule has 0 radical (unpaired) electrons. The topological polar surface area (TPSA) is 110 Å². The summed E-state index contributed by atoms with van der Waals surface area (Å²) in [7, 11) is -3.40. The van der Waals surface area contributed by atoms with E-state index in [-0.39, 0.29) is 11.8 Å². The quantitative estimate of drug-likeness (QED) is 0.645. The first-order chi connectivity index (χ1) is 14.1. The smallest absolute Gasteiger partial charge is 0.220 e. The highest BCUT2D eigenvalue weighted by Crippen LogP contribution is 2.25. The van der Waals surface area contributed by atoms with Crippen molar-refractivity contribution in [3.63, 3.8) is 0 Å². The van der Waals surface area contributed by atoms with Gasteiger partial charge in [0.25, 0.3) is 0 Å². The summed E-state index contributed by atoms with van der Waals surface area (Å²) in [6, 6.07) is 6.05. The van der Waals surface area contributed by atoms with Crippen molar-refractivity contribution >= 4 is 16.0 Å². The first-order valence-electron chi connectivity index (χ1n) is 9.19. The molecule has 1 atom stereocenters. The summed E-state index contributed by atoms with van der Waals surface area (Å²) < 4.78 is 39.3. The number of aryl methyl sites for hydroxylation is 1. The monoisotopic (exact) mass is 427 g/mol. The fourth-order valence-corrected chi connectivity index (χ4v) is 3.90. The molecule has 0 spiro atoms. The number of hydrogen-bond acceptors (Lipinski definition) is 6. The number of benzene rings is 1. The minimum Gasteiger partial charge on any atom is -0.368 e. The lowest BCUT2D eigenvalue weighted by molar-refractivity contribution is 0.454. The SMILES string of the molecule is CCc1nc(N)nc(-c2cccc(F)c2)c1C#CC1=CNC(C)(NS(C)(=O)=O)C=C1. The zero-order valence-corrected chi connectivity index (χ0v) is 17.6. The Morgan fingerprint density at radius 1 is 1.30 bits per heavy atom. The predicted octanol–water partition coefficient (Wildman–Crippen LogP) is 2.09. The highest BCUT2D eigenvalue weighted by molar-refractivity contribution is 7.88. The standard InChI is InChI=1S/C21H22FN5O2S/c1-4-18-17(19(26-20(23)25-18)15-6-5-7-16(22)12-15)9-8-14-10-11-21(2,24-13-14)27-30(3,28)29/h5-7,10-13,24,27H,4H2,1-3H3,(H2,23,25,26). The molecule has 1 aromatic heterocycles. The molecular formula is C21H22FN5O2S. The number of nitrogen functional groups attached to an aromatic ring is 1. The van der Waals surface area contributed by atoms with Gasteiger partial charge in [-0.05, 0) is 37.6 Å². The van der Waals surface area contributed by atoms with Gasteiger partial charge in [0.15, 0.2) is 0 Å². The summed E-state index contributed by atoms with van der Waals surface area (Å²) >= 11 is 0. The molecule has 0 fully saturated rings. The van der Waals surface area contributed by atoms with E-state index >= 15 is 0 Å². The van der Waals surface area contributed by atoms with Gasteiger partial charge in [-0.3, -0.25) is 0 Å². The van der Waals surface area contributed by atoms with Crippen LogP contribution in [0.3, 0.4) is 0 Å². The van der Waals surface area contributed by atoms with Crippen molar-refractivity contribution in [2.45, 2.75) is 25.9 Å². The Morgan fingerprint density at radius 3 is 2.67 bits per heavy atom.